The number of halogens is 1. The van der Waals surface area contributed by atoms with Crippen molar-refractivity contribution in [3.05, 3.63) is 47.0 Å². The van der Waals surface area contributed by atoms with Crippen molar-refractivity contribution in [2.45, 2.75) is 39.2 Å². The molecule has 1 fully saturated rings. The number of nitrogens with one attached hydrogen (secondary N) is 2. The zero-order valence-corrected chi connectivity index (χ0v) is 22.2. The number of thiazole rings is 1. The summed E-state index contributed by atoms with van der Waals surface area (Å²) in [5, 5.41) is 10.3. The van der Waals surface area contributed by atoms with Crippen molar-refractivity contribution in [3.63, 3.8) is 0 Å². The molecule has 172 valence electrons. The quantitative estimate of drug-likeness (QED) is 0.262. The fraction of sp³-hybridized carbons (Fsp3) is 0.565. The van der Waals surface area contributed by atoms with Crippen LogP contribution in [-0.2, 0) is 6.42 Å². The Morgan fingerprint density at radius 3 is 2.52 bits per heavy atom. The first-order valence-corrected chi connectivity index (χ1v) is 12.1. The molecule has 31 heavy (non-hydrogen) atoms. The minimum atomic E-state index is 0. The maximum atomic E-state index is 4.81. The molecule has 1 unspecified atom stereocenters. The highest BCUT2D eigenvalue weighted by Crippen LogP contribution is 2.24. The van der Waals surface area contributed by atoms with Crippen molar-refractivity contribution >= 4 is 46.4 Å². The molecule has 2 N–H and O–H groups in total. The zero-order valence-electron chi connectivity index (χ0n) is 19.0. The van der Waals surface area contributed by atoms with E-state index in [4.69, 9.17) is 4.98 Å². The van der Waals surface area contributed by atoms with Crippen LogP contribution in [-0.4, -0.2) is 62.2 Å². The van der Waals surface area contributed by atoms with Crippen LogP contribution in [0, 0.1) is 0 Å². The van der Waals surface area contributed by atoms with Crippen LogP contribution in [0.2, 0.25) is 0 Å². The summed E-state index contributed by atoms with van der Waals surface area (Å²) in [4.78, 5) is 14.1. The molecule has 0 spiro atoms. The highest BCUT2D eigenvalue weighted by Gasteiger charge is 2.18. The molecule has 0 bridgehead atoms. The van der Waals surface area contributed by atoms with Gasteiger partial charge in [-0.1, -0.05) is 44.2 Å². The van der Waals surface area contributed by atoms with Crippen LogP contribution in [0.3, 0.4) is 0 Å². The van der Waals surface area contributed by atoms with Crippen molar-refractivity contribution in [2.75, 3.05) is 51.2 Å². The molecule has 0 saturated carbocycles. The van der Waals surface area contributed by atoms with Gasteiger partial charge < -0.3 is 15.5 Å². The number of hydrogen-bond donors (Lipinski definition) is 2. The van der Waals surface area contributed by atoms with E-state index in [2.05, 4.69) is 75.0 Å². The van der Waals surface area contributed by atoms with Gasteiger partial charge in [-0.2, -0.15) is 0 Å². The van der Waals surface area contributed by atoms with Gasteiger partial charge in [0.1, 0.15) is 0 Å². The Hall–Kier alpha value is -1.39. The Morgan fingerprint density at radius 1 is 1.16 bits per heavy atom. The molecular formula is C23H37IN6S. The zero-order chi connectivity index (χ0) is 21.2. The summed E-state index contributed by atoms with van der Waals surface area (Å²) in [5.74, 6) is 0.845. The van der Waals surface area contributed by atoms with Crippen molar-refractivity contribution in [3.8, 4) is 0 Å². The van der Waals surface area contributed by atoms with Gasteiger partial charge in [-0.15, -0.1) is 35.3 Å². The Labute approximate surface area is 208 Å². The van der Waals surface area contributed by atoms with Crippen LogP contribution in [0.5, 0.6) is 0 Å². The molecular weight excluding hydrogens is 519 g/mol. The summed E-state index contributed by atoms with van der Waals surface area (Å²) in [6.07, 6.45) is 3.48. The maximum Gasteiger partial charge on any atom is 0.191 e. The fourth-order valence-electron chi connectivity index (χ4n) is 3.99. The van der Waals surface area contributed by atoms with E-state index in [-0.39, 0.29) is 24.0 Å². The van der Waals surface area contributed by atoms with Gasteiger partial charge in [-0.25, -0.2) is 4.98 Å². The van der Waals surface area contributed by atoms with E-state index in [9.17, 15) is 0 Å². The number of rotatable bonds is 10. The molecule has 1 aromatic heterocycles. The first-order valence-electron chi connectivity index (χ1n) is 11.2. The largest absolute Gasteiger partial charge is 0.356 e. The van der Waals surface area contributed by atoms with E-state index in [1.54, 1.807) is 11.3 Å². The molecule has 2 heterocycles. The Kier molecular flexibility index (Phi) is 11.6. The van der Waals surface area contributed by atoms with E-state index in [0.717, 1.165) is 57.3 Å². The summed E-state index contributed by atoms with van der Waals surface area (Å²) >= 11 is 1.77. The molecule has 8 heteroatoms. The highest BCUT2D eigenvalue weighted by atomic mass is 127. The predicted octanol–water partition coefficient (Wildman–Crippen LogP) is 4.15. The molecule has 0 amide bonds. The molecule has 1 saturated heterocycles. The van der Waals surface area contributed by atoms with E-state index < -0.39 is 0 Å². The number of benzene rings is 1. The van der Waals surface area contributed by atoms with Gasteiger partial charge in [0.05, 0.1) is 11.7 Å². The van der Waals surface area contributed by atoms with Crippen LogP contribution in [0.1, 0.15) is 44.0 Å². The monoisotopic (exact) mass is 556 g/mol. The third kappa shape index (κ3) is 7.61. The number of likely N-dealkylation sites (N-methyl/N-ethyl adjacent to an activating group) is 1. The molecule has 1 aromatic carbocycles. The summed E-state index contributed by atoms with van der Waals surface area (Å²) in [6, 6.07) is 11.0. The number of hydrogen-bond acceptors (Lipinski definition) is 5. The lowest BCUT2D eigenvalue weighted by atomic mass is 10.1. The van der Waals surface area contributed by atoms with Crippen LogP contribution in [0.15, 0.2) is 40.7 Å². The summed E-state index contributed by atoms with van der Waals surface area (Å²) < 4.78 is 0. The standard InChI is InChI=1S/C23H36N6S.HI/c1-4-28(5-2)21(19-11-7-6-8-12-19)17-26-22(24-3)25-14-13-20-18-30-23(27-20)29-15-9-10-16-29;/h6-8,11-12,18,21H,4-5,9-10,13-17H2,1-3H3,(H2,24,25,26);1H. The third-order valence-electron chi connectivity index (χ3n) is 5.71. The molecule has 3 rings (SSSR count). The molecule has 6 nitrogen and oxygen atoms in total. The Morgan fingerprint density at radius 2 is 1.87 bits per heavy atom. The van der Waals surface area contributed by atoms with Crippen LogP contribution >= 0.6 is 35.3 Å². The van der Waals surface area contributed by atoms with Gasteiger partial charge in [-0.05, 0) is 31.5 Å². The normalized spacial score (nSPS) is 15.1. The first kappa shape index (κ1) is 25.9. The SMILES string of the molecule is CCN(CC)C(CNC(=NC)NCCc1csc(N2CCCC2)n1)c1ccccc1.I. The predicted molar refractivity (Wildman–Crippen MR) is 144 cm³/mol. The summed E-state index contributed by atoms with van der Waals surface area (Å²) in [6.45, 7) is 10.4. The minimum absolute atomic E-state index is 0. The van der Waals surface area contributed by atoms with Crippen LogP contribution in [0.4, 0.5) is 5.13 Å². The van der Waals surface area contributed by atoms with Crippen molar-refractivity contribution in [1.29, 1.82) is 0 Å². The second kappa shape index (κ2) is 13.9. The van der Waals surface area contributed by atoms with Crippen molar-refractivity contribution in [2.24, 2.45) is 4.99 Å². The number of nitrogens with zero attached hydrogens (tertiary/aromatic N) is 4. The van der Waals surface area contributed by atoms with Crippen molar-refractivity contribution in [1.82, 2.24) is 20.5 Å². The van der Waals surface area contributed by atoms with Gasteiger partial charge in [0.15, 0.2) is 11.1 Å². The van der Waals surface area contributed by atoms with E-state index in [1.807, 2.05) is 7.05 Å². The summed E-state index contributed by atoms with van der Waals surface area (Å²) in [5.41, 5.74) is 2.50. The lowest BCUT2D eigenvalue weighted by Crippen LogP contribution is -2.43. The molecule has 2 aromatic rings. The fourth-order valence-corrected chi connectivity index (χ4v) is 4.90. The van der Waals surface area contributed by atoms with Crippen molar-refractivity contribution < 1.29 is 0 Å². The second-order valence-corrected chi connectivity index (χ2v) is 8.43. The van der Waals surface area contributed by atoms with Gasteiger partial charge in [0, 0.05) is 45.0 Å². The van der Waals surface area contributed by atoms with Crippen LogP contribution < -0.4 is 15.5 Å². The topological polar surface area (TPSA) is 55.8 Å². The number of aliphatic imine (C=N–C) groups is 1. The molecule has 1 aliphatic rings. The molecule has 1 aliphatic heterocycles. The van der Waals surface area contributed by atoms with Gasteiger partial charge >= 0.3 is 0 Å². The van der Waals surface area contributed by atoms with E-state index in [1.165, 1.54) is 23.5 Å². The molecule has 0 radical (unpaired) electrons. The minimum Gasteiger partial charge on any atom is -0.356 e. The van der Waals surface area contributed by atoms with E-state index >= 15 is 0 Å². The lowest BCUT2D eigenvalue weighted by molar-refractivity contribution is 0.219. The third-order valence-corrected chi connectivity index (χ3v) is 6.66. The first-order chi connectivity index (χ1) is 14.7. The molecule has 1 atom stereocenters. The summed E-state index contributed by atoms with van der Waals surface area (Å²) in [7, 11) is 1.83. The maximum absolute atomic E-state index is 4.81. The number of anilines is 1. The average molecular weight is 557 g/mol. The highest BCUT2D eigenvalue weighted by molar-refractivity contribution is 14.0. The lowest BCUT2D eigenvalue weighted by Gasteiger charge is -2.30. The average Bonchev–Trinajstić information content (AvgIpc) is 3.48. The number of guanidine groups is 1. The second-order valence-electron chi connectivity index (χ2n) is 7.59. The Balaban J connectivity index is 0.00000341. The van der Waals surface area contributed by atoms with Gasteiger partial charge in [0.25, 0.3) is 0 Å². The number of aromatic nitrogens is 1. The molecule has 0 aliphatic carbocycles. The smallest absolute Gasteiger partial charge is 0.191 e. The van der Waals surface area contributed by atoms with Gasteiger partial charge in [-0.3, -0.25) is 9.89 Å². The Bertz CT molecular complexity index is 771. The van der Waals surface area contributed by atoms with Gasteiger partial charge in [0.2, 0.25) is 0 Å². The van der Waals surface area contributed by atoms with Crippen LogP contribution in [0.25, 0.3) is 0 Å². The van der Waals surface area contributed by atoms with E-state index in [0.29, 0.717) is 6.04 Å².